The molecule has 0 aliphatic carbocycles. The minimum atomic E-state index is -3.41. The highest BCUT2D eigenvalue weighted by molar-refractivity contribution is 7.90. The first-order chi connectivity index (χ1) is 7.52. The van der Waals surface area contributed by atoms with Crippen LogP contribution in [0.5, 0.6) is 0 Å². The van der Waals surface area contributed by atoms with E-state index in [0.29, 0.717) is 12.5 Å². The molecule has 3 unspecified atom stereocenters. The van der Waals surface area contributed by atoms with Crippen molar-refractivity contribution in [2.75, 3.05) is 5.75 Å². The molecule has 1 amide bonds. The predicted molar refractivity (Wildman–Crippen MR) is 60.3 cm³/mol. The zero-order chi connectivity index (χ0) is 11.8. The van der Waals surface area contributed by atoms with E-state index in [1.165, 1.54) is 0 Å². The Bertz CT molecular complexity index is 380. The number of carbonyl (C=O) groups is 1. The fraction of sp³-hybridized carbons (Fsp3) is 0.900. The van der Waals surface area contributed by atoms with Gasteiger partial charge in [-0.05, 0) is 25.7 Å². The smallest absolute Gasteiger partial charge is 0.238 e. The maximum atomic E-state index is 11.8. The summed E-state index contributed by atoms with van der Waals surface area (Å²) >= 11 is 0. The second-order valence-electron chi connectivity index (χ2n) is 4.67. The molecular formula is C10H18N2O3S. The van der Waals surface area contributed by atoms with Crippen LogP contribution in [-0.4, -0.2) is 32.2 Å². The number of hydrogen-bond acceptors (Lipinski definition) is 4. The van der Waals surface area contributed by atoms with Gasteiger partial charge < -0.3 is 5.32 Å². The average molecular weight is 246 g/mol. The van der Waals surface area contributed by atoms with E-state index in [9.17, 15) is 13.2 Å². The van der Waals surface area contributed by atoms with Gasteiger partial charge in [0.2, 0.25) is 15.9 Å². The number of hydrogen-bond donors (Lipinski definition) is 2. The molecule has 2 aliphatic heterocycles. The van der Waals surface area contributed by atoms with Crippen molar-refractivity contribution in [1.82, 2.24) is 10.0 Å². The maximum absolute atomic E-state index is 11.8. The Hall–Kier alpha value is -0.620. The Balaban J connectivity index is 1.94. The lowest BCUT2D eigenvalue weighted by molar-refractivity contribution is -0.123. The Kier molecular flexibility index (Phi) is 3.21. The lowest BCUT2D eigenvalue weighted by Crippen LogP contribution is -2.41. The molecule has 0 aromatic rings. The third kappa shape index (κ3) is 2.38. The second-order valence-corrected chi connectivity index (χ2v) is 6.52. The Labute approximate surface area is 96.0 Å². The molecule has 2 aliphatic rings. The van der Waals surface area contributed by atoms with Crippen LogP contribution in [0.2, 0.25) is 0 Å². The van der Waals surface area contributed by atoms with Crippen LogP contribution in [0.25, 0.3) is 0 Å². The lowest BCUT2D eigenvalue weighted by atomic mass is 9.89. The van der Waals surface area contributed by atoms with E-state index in [1.807, 2.05) is 0 Å². The van der Waals surface area contributed by atoms with Gasteiger partial charge >= 0.3 is 0 Å². The summed E-state index contributed by atoms with van der Waals surface area (Å²) in [6.07, 6.45) is 3.39. The van der Waals surface area contributed by atoms with Gasteiger partial charge in [0.15, 0.2) is 0 Å². The summed E-state index contributed by atoms with van der Waals surface area (Å²) in [4.78, 5) is 11.8. The minimum Gasteiger partial charge on any atom is -0.310 e. The summed E-state index contributed by atoms with van der Waals surface area (Å²) in [5.41, 5.74) is 0. The van der Waals surface area contributed by atoms with Gasteiger partial charge in [-0.25, -0.2) is 8.42 Å². The van der Waals surface area contributed by atoms with E-state index in [2.05, 4.69) is 10.0 Å². The van der Waals surface area contributed by atoms with E-state index < -0.39 is 10.0 Å². The molecule has 0 aromatic heterocycles. The highest BCUT2D eigenvalue weighted by Crippen LogP contribution is 2.33. The first-order valence-electron chi connectivity index (χ1n) is 5.82. The van der Waals surface area contributed by atoms with Crippen molar-refractivity contribution in [3.63, 3.8) is 0 Å². The van der Waals surface area contributed by atoms with E-state index in [1.54, 1.807) is 6.92 Å². The highest BCUT2D eigenvalue weighted by atomic mass is 32.2. The van der Waals surface area contributed by atoms with Crippen LogP contribution in [0.15, 0.2) is 0 Å². The Morgan fingerprint density at radius 2 is 2.19 bits per heavy atom. The van der Waals surface area contributed by atoms with Crippen molar-refractivity contribution < 1.29 is 13.2 Å². The molecule has 2 heterocycles. The summed E-state index contributed by atoms with van der Waals surface area (Å²) in [6, 6.07) is 0.594. The fourth-order valence-electron chi connectivity index (χ4n) is 2.66. The maximum Gasteiger partial charge on any atom is 0.238 e. The molecule has 0 spiro atoms. The first-order valence-corrected chi connectivity index (χ1v) is 7.47. The molecule has 0 aromatic carbocycles. The summed E-state index contributed by atoms with van der Waals surface area (Å²) in [5.74, 6) is -0.467. The van der Waals surface area contributed by atoms with E-state index in [0.717, 1.165) is 19.3 Å². The van der Waals surface area contributed by atoms with Crippen LogP contribution >= 0.6 is 0 Å². The first kappa shape index (κ1) is 11.9. The molecule has 2 N–H and O–H groups in total. The van der Waals surface area contributed by atoms with Gasteiger partial charge in [0.25, 0.3) is 0 Å². The van der Waals surface area contributed by atoms with E-state index in [4.69, 9.17) is 0 Å². The molecule has 2 bridgehead atoms. The monoisotopic (exact) mass is 246 g/mol. The second kappa shape index (κ2) is 4.33. The van der Waals surface area contributed by atoms with Crippen molar-refractivity contribution in [2.24, 2.45) is 5.92 Å². The van der Waals surface area contributed by atoms with Gasteiger partial charge in [-0.1, -0.05) is 6.92 Å². The van der Waals surface area contributed by atoms with Crippen molar-refractivity contribution in [3.8, 4) is 0 Å². The molecule has 2 rings (SSSR count). The molecule has 0 radical (unpaired) electrons. The van der Waals surface area contributed by atoms with E-state index >= 15 is 0 Å². The van der Waals surface area contributed by atoms with Crippen LogP contribution < -0.4 is 10.0 Å². The fourth-order valence-corrected chi connectivity index (χ4v) is 3.76. The third-order valence-electron chi connectivity index (χ3n) is 3.37. The van der Waals surface area contributed by atoms with Crippen LogP contribution in [0.4, 0.5) is 0 Å². The van der Waals surface area contributed by atoms with Crippen LogP contribution in [0, 0.1) is 5.92 Å². The molecule has 92 valence electrons. The largest absolute Gasteiger partial charge is 0.310 e. The standard InChI is InChI=1S/C10H18N2O3S/c1-2-5-16(14,15)12-10(13)8-6-7-3-4-9(8)11-7/h7-9,11H,2-6H2,1H3,(H,12,13). The minimum absolute atomic E-state index is 0.0208. The number of fused-ring (bicyclic) bond motifs is 2. The van der Waals surface area contributed by atoms with Gasteiger partial charge in [0.1, 0.15) is 0 Å². The summed E-state index contributed by atoms with van der Waals surface area (Å²) < 4.78 is 25.1. The SMILES string of the molecule is CCCS(=O)(=O)NC(=O)C1CC2CCC1N2. The number of sulfonamides is 1. The zero-order valence-corrected chi connectivity index (χ0v) is 10.2. The van der Waals surface area contributed by atoms with Crippen LogP contribution in [0.1, 0.15) is 32.6 Å². The number of amides is 1. The third-order valence-corrected chi connectivity index (χ3v) is 4.82. The topological polar surface area (TPSA) is 75.3 Å². The van der Waals surface area contributed by atoms with Crippen molar-refractivity contribution >= 4 is 15.9 Å². The molecule has 2 saturated heterocycles. The van der Waals surface area contributed by atoms with E-state index in [-0.39, 0.29) is 23.6 Å². The molecule has 3 atom stereocenters. The number of carbonyl (C=O) groups excluding carboxylic acids is 1. The lowest BCUT2D eigenvalue weighted by Gasteiger charge is -2.19. The molecule has 5 nitrogen and oxygen atoms in total. The van der Waals surface area contributed by atoms with Crippen molar-refractivity contribution in [2.45, 2.75) is 44.7 Å². The van der Waals surface area contributed by atoms with Crippen LogP contribution in [0.3, 0.4) is 0 Å². The molecule has 0 saturated carbocycles. The van der Waals surface area contributed by atoms with Gasteiger partial charge in [-0.3, -0.25) is 9.52 Å². The average Bonchev–Trinajstić information content (AvgIpc) is 2.77. The predicted octanol–water partition coefficient (Wildman–Crippen LogP) is -0.0171. The van der Waals surface area contributed by atoms with Gasteiger partial charge in [0.05, 0.1) is 11.7 Å². The number of nitrogens with one attached hydrogen (secondary N) is 2. The molecule has 2 fully saturated rings. The van der Waals surface area contributed by atoms with Crippen molar-refractivity contribution in [1.29, 1.82) is 0 Å². The van der Waals surface area contributed by atoms with Gasteiger partial charge in [-0.2, -0.15) is 0 Å². The Morgan fingerprint density at radius 1 is 1.44 bits per heavy atom. The quantitative estimate of drug-likeness (QED) is 0.731. The zero-order valence-electron chi connectivity index (χ0n) is 9.40. The Morgan fingerprint density at radius 3 is 2.69 bits per heavy atom. The van der Waals surface area contributed by atoms with Crippen LogP contribution in [-0.2, 0) is 14.8 Å². The van der Waals surface area contributed by atoms with Crippen molar-refractivity contribution in [3.05, 3.63) is 0 Å². The molecule has 16 heavy (non-hydrogen) atoms. The molecule has 6 heteroatoms. The summed E-state index contributed by atoms with van der Waals surface area (Å²) in [5, 5.41) is 3.32. The van der Waals surface area contributed by atoms with Gasteiger partial charge in [0, 0.05) is 12.1 Å². The summed E-state index contributed by atoms with van der Waals surface area (Å²) in [6.45, 7) is 1.78. The molecular weight excluding hydrogens is 228 g/mol. The highest BCUT2D eigenvalue weighted by Gasteiger charge is 2.43. The number of rotatable bonds is 4. The summed E-state index contributed by atoms with van der Waals surface area (Å²) in [7, 11) is -3.41. The normalized spacial score (nSPS) is 32.9. The van der Waals surface area contributed by atoms with Gasteiger partial charge in [-0.15, -0.1) is 0 Å².